The quantitative estimate of drug-likeness (QED) is 0.775. The molecule has 18 heavy (non-hydrogen) atoms. The highest BCUT2D eigenvalue weighted by molar-refractivity contribution is 5.81. The zero-order valence-corrected chi connectivity index (χ0v) is 11.8. The van der Waals surface area contributed by atoms with Crippen molar-refractivity contribution in [2.75, 3.05) is 6.61 Å². The molecule has 0 heterocycles. The first kappa shape index (κ1) is 14.7. The van der Waals surface area contributed by atoms with Crippen LogP contribution in [0, 0.1) is 0 Å². The summed E-state index contributed by atoms with van der Waals surface area (Å²) >= 11 is 0. The molecule has 0 aliphatic heterocycles. The molecule has 0 saturated carbocycles. The Labute approximate surface area is 110 Å². The van der Waals surface area contributed by atoms with Crippen molar-refractivity contribution in [3.63, 3.8) is 0 Å². The number of aliphatic imine (C=N–C) groups is 1. The van der Waals surface area contributed by atoms with E-state index in [1.54, 1.807) is 6.21 Å². The standard InChI is InChI=1S/C16H23NO/c1-11(2)14-7-6-8-15(12(3)4)16(14)17-9-13(5)10-18/h6-9,11-12,18H,5,10H2,1-4H3. The van der Waals surface area contributed by atoms with Gasteiger partial charge in [0, 0.05) is 6.21 Å². The average molecular weight is 245 g/mol. The average Bonchev–Trinajstić information content (AvgIpc) is 2.34. The van der Waals surface area contributed by atoms with Gasteiger partial charge in [-0.15, -0.1) is 0 Å². The Morgan fingerprint density at radius 2 is 1.72 bits per heavy atom. The highest BCUT2D eigenvalue weighted by atomic mass is 16.3. The third-order valence-electron chi connectivity index (χ3n) is 2.92. The maximum Gasteiger partial charge on any atom is 0.0698 e. The monoisotopic (exact) mass is 245 g/mol. The number of hydrogen-bond donors (Lipinski definition) is 1. The molecule has 0 aliphatic rings. The van der Waals surface area contributed by atoms with E-state index in [4.69, 9.17) is 5.11 Å². The highest BCUT2D eigenvalue weighted by Gasteiger charge is 2.12. The minimum absolute atomic E-state index is 0.0512. The van der Waals surface area contributed by atoms with Crippen LogP contribution in [0.4, 0.5) is 5.69 Å². The molecule has 0 saturated heterocycles. The van der Waals surface area contributed by atoms with Gasteiger partial charge in [0.25, 0.3) is 0 Å². The number of nitrogens with zero attached hydrogens (tertiary/aromatic N) is 1. The fourth-order valence-electron chi connectivity index (χ4n) is 1.86. The summed E-state index contributed by atoms with van der Waals surface area (Å²) < 4.78 is 0. The Balaban J connectivity index is 3.27. The molecule has 1 rings (SSSR count). The molecule has 0 aliphatic carbocycles. The van der Waals surface area contributed by atoms with E-state index >= 15 is 0 Å². The third-order valence-corrected chi connectivity index (χ3v) is 2.92. The van der Waals surface area contributed by atoms with Gasteiger partial charge in [-0.25, -0.2) is 0 Å². The minimum Gasteiger partial charge on any atom is -0.392 e. The summed E-state index contributed by atoms with van der Waals surface area (Å²) in [6, 6.07) is 6.32. The summed E-state index contributed by atoms with van der Waals surface area (Å²) in [6.07, 6.45) is 1.66. The molecule has 98 valence electrons. The smallest absolute Gasteiger partial charge is 0.0698 e. The van der Waals surface area contributed by atoms with Gasteiger partial charge in [0.15, 0.2) is 0 Å². The molecule has 0 aromatic heterocycles. The van der Waals surface area contributed by atoms with Crippen LogP contribution >= 0.6 is 0 Å². The van der Waals surface area contributed by atoms with Gasteiger partial charge in [-0.2, -0.15) is 0 Å². The van der Waals surface area contributed by atoms with Gasteiger partial charge < -0.3 is 5.11 Å². The number of benzene rings is 1. The Kier molecular flexibility index (Phi) is 5.29. The number of aliphatic hydroxyl groups is 1. The van der Waals surface area contributed by atoms with E-state index < -0.39 is 0 Å². The van der Waals surface area contributed by atoms with Gasteiger partial charge in [-0.05, 0) is 28.5 Å². The fraction of sp³-hybridized carbons (Fsp3) is 0.438. The first-order chi connectivity index (χ1) is 8.47. The molecule has 0 fully saturated rings. The lowest BCUT2D eigenvalue weighted by Gasteiger charge is -2.16. The van der Waals surface area contributed by atoms with Crippen molar-refractivity contribution >= 4 is 11.9 Å². The second-order valence-corrected chi connectivity index (χ2v) is 5.17. The molecule has 0 spiro atoms. The first-order valence-corrected chi connectivity index (χ1v) is 6.42. The second-order valence-electron chi connectivity index (χ2n) is 5.17. The maximum atomic E-state index is 8.98. The van der Waals surface area contributed by atoms with Crippen LogP contribution in [-0.2, 0) is 0 Å². The van der Waals surface area contributed by atoms with Crippen LogP contribution in [-0.4, -0.2) is 17.9 Å². The molecule has 0 unspecified atom stereocenters. The Bertz CT molecular complexity index is 418. The van der Waals surface area contributed by atoms with Crippen molar-refractivity contribution < 1.29 is 5.11 Å². The summed E-state index contributed by atoms with van der Waals surface area (Å²) in [6.45, 7) is 12.4. The Morgan fingerprint density at radius 1 is 1.22 bits per heavy atom. The van der Waals surface area contributed by atoms with Gasteiger partial charge in [-0.3, -0.25) is 4.99 Å². The molecule has 1 aromatic rings. The van der Waals surface area contributed by atoms with Crippen LogP contribution in [0.25, 0.3) is 0 Å². The van der Waals surface area contributed by atoms with E-state index in [1.807, 2.05) is 0 Å². The zero-order valence-electron chi connectivity index (χ0n) is 11.8. The fourth-order valence-corrected chi connectivity index (χ4v) is 1.86. The summed E-state index contributed by atoms with van der Waals surface area (Å²) in [5, 5.41) is 8.98. The zero-order chi connectivity index (χ0) is 13.7. The molecule has 2 heteroatoms. The van der Waals surface area contributed by atoms with Gasteiger partial charge in [-0.1, -0.05) is 52.5 Å². The normalized spacial score (nSPS) is 11.7. The SMILES string of the molecule is C=C(C=Nc1c(C(C)C)cccc1C(C)C)CO. The Morgan fingerprint density at radius 3 is 2.11 bits per heavy atom. The van der Waals surface area contributed by atoms with Crippen molar-refractivity contribution in [2.45, 2.75) is 39.5 Å². The number of aliphatic hydroxyl groups excluding tert-OH is 1. The van der Waals surface area contributed by atoms with Crippen LogP contribution in [0.5, 0.6) is 0 Å². The maximum absolute atomic E-state index is 8.98. The van der Waals surface area contributed by atoms with Crippen LogP contribution < -0.4 is 0 Å². The van der Waals surface area contributed by atoms with Crippen molar-refractivity contribution in [3.8, 4) is 0 Å². The van der Waals surface area contributed by atoms with E-state index in [-0.39, 0.29) is 6.61 Å². The first-order valence-electron chi connectivity index (χ1n) is 6.42. The molecular formula is C16H23NO. The molecule has 0 radical (unpaired) electrons. The van der Waals surface area contributed by atoms with E-state index in [2.05, 4.69) is 57.5 Å². The van der Waals surface area contributed by atoms with Crippen LogP contribution in [0.3, 0.4) is 0 Å². The molecule has 2 nitrogen and oxygen atoms in total. The van der Waals surface area contributed by atoms with Gasteiger partial charge in [0.1, 0.15) is 0 Å². The molecule has 0 amide bonds. The molecule has 0 bridgehead atoms. The van der Waals surface area contributed by atoms with E-state index in [1.165, 1.54) is 11.1 Å². The van der Waals surface area contributed by atoms with Crippen molar-refractivity contribution in [1.29, 1.82) is 0 Å². The number of hydrogen-bond acceptors (Lipinski definition) is 2. The molecule has 1 N–H and O–H groups in total. The van der Waals surface area contributed by atoms with Crippen molar-refractivity contribution in [1.82, 2.24) is 0 Å². The third kappa shape index (κ3) is 3.54. The van der Waals surface area contributed by atoms with Gasteiger partial charge >= 0.3 is 0 Å². The number of para-hydroxylation sites is 1. The second kappa shape index (κ2) is 6.50. The predicted octanol–water partition coefficient (Wildman–Crippen LogP) is 4.18. The summed E-state index contributed by atoms with van der Waals surface area (Å²) in [4.78, 5) is 4.53. The minimum atomic E-state index is -0.0512. The summed E-state index contributed by atoms with van der Waals surface area (Å²) in [5.74, 6) is 0.858. The lowest BCUT2D eigenvalue weighted by atomic mass is 9.93. The predicted molar refractivity (Wildman–Crippen MR) is 79.0 cm³/mol. The highest BCUT2D eigenvalue weighted by Crippen LogP contribution is 2.34. The Hall–Kier alpha value is -1.41. The van der Waals surface area contributed by atoms with Crippen molar-refractivity contribution in [2.24, 2.45) is 4.99 Å². The van der Waals surface area contributed by atoms with Crippen molar-refractivity contribution in [3.05, 3.63) is 41.5 Å². The molecular weight excluding hydrogens is 222 g/mol. The van der Waals surface area contributed by atoms with Crippen LogP contribution in [0.1, 0.15) is 50.7 Å². The lowest BCUT2D eigenvalue weighted by Crippen LogP contribution is -1.96. The number of rotatable bonds is 5. The molecule has 0 atom stereocenters. The molecule has 1 aromatic carbocycles. The topological polar surface area (TPSA) is 32.6 Å². The summed E-state index contributed by atoms with van der Waals surface area (Å²) in [7, 11) is 0. The summed E-state index contributed by atoms with van der Waals surface area (Å²) in [5.41, 5.74) is 4.13. The lowest BCUT2D eigenvalue weighted by molar-refractivity contribution is 0.338. The largest absolute Gasteiger partial charge is 0.392 e. The van der Waals surface area contributed by atoms with E-state index in [0.29, 0.717) is 17.4 Å². The van der Waals surface area contributed by atoms with Crippen LogP contribution in [0.15, 0.2) is 35.3 Å². The van der Waals surface area contributed by atoms with Gasteiger partial charge in [0.05, 0.1) is 12.3 Å². The van der Waals surface area contributed by atoms with E-state index in [9.17, 15) is 0 Å². The van der Waals surface area contributed by atoms with Crippen LogP contribution in [0.2, 0.25) is 0 Å². The van der Waals surface area contributed by atoms with E-state index in [0.717, 1.165) is 5.69 Å². The van der Waals surface area contributed by atoms with Gasteiger partial charge in [0.2, 0.25) is 0 Å².